The van der Waals surface area contributed by atoms with E-state index < -0.39 is 0 Å². The van der Waals surface area contributed by atoms with Crippen LogP contribution in [0.4, 0.5) is 0 Å². The molecule has 2 aromatic carbocycles. The van der Waals surface area contributed by atoms with Crippen molar-refractivity contribution in [1.82, 2.24) is 0 Å². The van der Waals surface area contributed by atoms with Crippen LogP contribution in [0.3, 0.4) is 0 Å². The predicted octanol–water partition coefficient (Wildman–Crippen LogP) is 4.84. The fourth-order valence-corrected chi connectivity index (χ4v) is 2.70. The van der Waals surface area contributed by atoms with Gasteiger partial charge >= 0.3 is 0 Å². The van der Waals surface area contributed by atoms with Crippen molar-refractivity contribution in [3.05, 3.63) is 62.6 Å². The van der Waals surface area contributed by atoms with Gasteiger partial charge in [0.25, 0.3) is 0 Å². The van der Waals surface area contributed by atoms with Crippen molar-refractivity contribution in [1.29, 1.82) is 0 Å². The summed E-state index contributed by atoms with van der Waals surface area (Å²) in [6.07, 6.45) is 0.256. The first-order chi connectivity index (χ1) is 9.52. The van der Waals surface area contributed by atoms with Crippen LogP contribution < -0.4 is 4.74 Å². The molecule has 0 aliphatic heterocycles. The molecule has 2 rings (SSSR count). The Morgan fingerprint density at radius 3 is 2.75 bits per heavy atom. The summed E-state index contributed by atoms with van der Waals surface area (Å²) in [5.74, 6) is 0.702. The third kappa shape index (κ3) is 3.22. The fraction of sp³-hybridized carbons (Fsp3) is 0.188. The first-order valence-corrected chi connectivity index (χ1v) is 7.30. The summed E-state index contributed by atoms with van der Waals surface area (Å²) in [5.41, 5.74) is 2.50. The van der Waals surface area contributed by atoms with E-state index in [1.54, 1.807) is 25.3 Å². The van der Waals surface area contributed by atoms with E-state index >= 15 is 0 Å². The van der Waals surface area contributed by atoms with E-state index in [9.17, 15) is 4.79 Å². The van der Waals surface area contributed by atoms with Gasteiger partial charge in [-0.25, -0.2) is 0 Å². The lowest BCUT2D eigenvalue weighted by molar-refractivity contribution is 0.0991. The number of ketones is 1. The van der Waals surface area contributed by atoms with Crippen molar-refractivity contribution in [3.63, 3.8) is 0 Å². The molecule has 0 spiro atoms. The Morgan fingerprint density at radius 1 is 1.30 bits per heavy atom. The average Bonchev–Trinajstić information content (AvgIpc) is 2.42. The highest BCUT2D eigenvalue weighted by Gasteiger charge is 2.14. The molecule has 104 valence electrons. The first kappa shape index (κ1) is 15.1. The third-order valence-electron chi connectivity index (χ3n) is 3.09. The highest BCUT2D eigenvalue weighted by atomic mass is 79.9. The van der Waals surface area contributed by atoms with Crippen LogP contribution in [0.5, 0.6) is 5.75 Å². The molecular weight excluding hydrogens is 340 g/mol. The largest absolute Gasteiger partial charge is 0.496 e. The monoisotopic (exact) mass is 352 g/mol. The summed E-state index contributed by atoms with van der Waals surface area (Å²) >= 11 is 9.45. The van der Waals surface area contributed by atoms with Gasteiger partial charge in [0, 0.05) is 27.0 Å². The highest BCUT2D eigenvalue weighted by Crippen LogP contribution is 2.27. The number of Topliss-reactive ketones (excluding diaryl/α,β-unsaturated/α-hetero) is 1. The maximum Gasteiger partial charge on any atom is 0.168 e. The molecule has 0 aliphatic rings. The smallest absolute Gasteiger partial charge is 0.168 e. The molecule has 0 bridgehead atoms. The number of methoxy groups -OCH3 is 1. The van der Waals surface area contributed by atoms with Crippen molar-refractivity contribution in [2.24, 2.45) is 0 Å². The van der Waals surface area contributed by atoms with Crippen molar-refractivity contribution in [3.8, 4) is 5.75 Å². The van der Waals surface area contributed by atoms with Gasteiger partial charge in [-0.15, -0.1) is 0 Å². The molecule has 20 heavy (non-hydrogen) atoms. The zero-order valence-electron chi connectivity index (χ0n) is 11.2. The second kappa shape index (κ2) is 6.42. The fourth-order valence-electron chi connectivity index (χ4n) is 2.02. The van der Waals surface area contributed by atoms with Crippen LogP contribution in [0.1, 0.15) is 21.5 Å². The lowest BCUT2D eigenvalue weighted by Gasteiger charge is -2.10. The summed E-state index contributed by atoms with van der Waals surface area (Å²) < 4.78 is 6.11. The van der Waals surface area contributed by atoms with Crippen LogP contribution in [-0.2, 0) is 6.42 Å². The molecule has 0 radical (unpaired) electrons. The predicted molar refractivity (Wildman–Crippen MR) is 84.9 cm³/mol. The first-order valence-electron chi connectivity index (χ1n) is 6.13. The third-order valence-corrected chi connectivity index (χ3v) is 4.37. The lowest BCUT2D eigenvalue weighted by Crippen LogP contribution is -2.06. The molecular formula is C16H14BrClO2. The Balaban J connectivity index is 2.32. The maximum absolute atomic E-state index is 12.4. The standard InChI is InChI=1S/C16H14BrClO2/c1-10-4-3-5-13(16(10)17)14(19)9-11-8-12(18)6-7-15(11)20-2/h3-8H,9H2,1-2H3. The van der Waals surface area contributed by atoms with Gasteiger partial charge in [0.05, 0.1) is 7.11 Å². The number of ether oxygens (including phenoxy) is 1. The lowest BCUT2D eigenvalue weighted by atomic mass is 10.0. The zero-order chi connectivity index (χ0) is 14.7. The van der Waals surface area contributed by atoms with E-state index in [0.29, 0.717) is 16.3 Å². The van der Waals surface area contributed by atoms with E-state index in [2.05, 4.69) is 15.9 Å². The van der Waals surface area contributed by atoms with Crippen LogP contribution >= 0.6 is 27.5 Å². The van der Waals surface area contributed by atoms with Crippen LogP contribution in [0.25, 0.3) is 0 Å². The van der Waals surface area contributed by atoms with Gasteiger partial charge in [0.15, 0.2) is 5.78 Å². The van der Waals surface area contributed by atoms with Crippen LogP contribution in [0.2, 0.25) is 5.02 Å². The van der Waals surface area contributed by atoms with Crippen LogP contribution in [0, 0.1) is 6.92 Å². The molecule has 0 heterocycles. The van der Waals surface area contributed by atoms with E-state index in [1.165, 1.54) is 0 Å². The van der Waals surface area contributed by atoms with Gasteiger partial charge in [0.1, 0.15) is 5.75 Å². The van der Waals surface area contributed by atoms with Gasteiger partial charge in [-0.3, -0.25) is 4.79 Å². The second-order valence-electron chi connectivity index (χ2n) is 4.49. The molecule has 0 aliphatic carbocycles. The number of carbonyl (C=O) groups is 1. The van der Waals surface area contributed by atoms with Crippen molar-refractivity contribution in [2.75, 3.05) is 7.11 Å². The molecule has 0 atom stereocenters. The number of aryl methyl sites for hydroxylation is 1. The summed E-state index contributed by atoms with van der Waals surface area (Å²) in [4.78, 5) is 12.4. The minimum Gasteiger partial charge on any atom is -0.496 e. The highest BCUT2D eigenvalue weighted by molar-refractivity contribution is 9.10. The Labute approximate surface area is 131 Å². The average molecular weight is 354 g/mol. The molecule has 0 fully saturated rings. The molecule has 0 N–H and O–H groups in total. The molecule has 4 heteroatoms. The molecule has 0 saturated heterocycles. The van der Waals surface area contributed by atoms with Gasteiger partial charge in [-0.1, -0.05) is 29.8 Å². The van der Waals surface area contributed by atoms with Gasteiger partial charge in [0.2, 0.25) is 0 Å². The van der Waals surface area contributed by atoms with E-state index in [1.807, 2.05) is 25.1 Å². The summed E-state index contributed by atoms with van der Waals surface area (Å²) in [7, 11) is 1.58. The maximum atomic E-state index is 12.4. The van der Waals surface area contributed by atoms with Gasteiger partial charge in [-0.05, 0) is 46.6 Å². The Hall–Kier alpha value is -1.32. The number of halogens is 2. The normalized spacial score (nSPS) is 10.4. The minimum absolute atomic E-state index is 0.0288. The number of hydrogen-bond donors (Lipinski definition) is 0. The number of hydrogen-bond acceptors (Lipinski definition) is 2. The number of benzene rings is 2. The summed E-state index contributed by atoms with van der Waals surface area (Å²) in [6, 6.07) is 10.9. The molecule has 0 saturated carbocycles. The zero-order valence-corrected chi connectivity index (χ0v) is 13.6. The molecule has 2 aromatic rings. The van der Waals surface area contributed by atoms with Gasteiger partial charge < -0.3 is 4.74 Å². The molecule has 0 aromatic heterocycles. The quantitative estimate of drug-likeness (QED) is 0.735. The van der Waals surface area contributed by atoms with Crippen LogP contribution in [-0.4, -0.2) is 12.9 Å². The SMILES string of the molecule is COc1ccc(Cl)cc1CC(=O)c1cccc(C)c1Br. The van der Waals surface area contributed by atoms with E-state index in [4.69, 9.17) is 16.3 Å². The number of rotatable bonds is 4. The van der Waals surface area contributed by atoms with Crippen molar-refractivity contribution in [2.45, 2.75) is 13.3 Å². The van der Waals surface area contributed by atoms with Crippen molar-refractivity contribution < 1.29 is 9.53 Å². The van der Waals surface area contributed by atoms with E-state index in [-0.39, 0.29) is 12.2 Å². The minimum atomic E-state index is 0.0288. The summed E-state index contributed by atoms with van der Waals surface area (Å²) in [6.45, 7) is 1.96. The van der Waals surface area contributed by atoms with Crippen molar-refractivity contribution >= 4 is 33.3 Å². The second-order valence-corrected chi connectivity index (χ2v) is 5.72. The number of carbonyl (C=O) groups excluding carboxylic acids is 1. The topological polar surface area (TPSA) is 26.3 Å². The Kier molecular flexibility index (Phi) is 4.84. The summed E-state index contributed by atoms with van der Waals surface area (Å²) in [5, 5.41) is 0.594. The molecule has 0 unspecified atom stereocenters. The Bertz CT molecular complexity index is 653. The van der Waals surface area contributed by atoms with Crippen LogP contribution in [0.15, 0.2) is 40.9 Å². The van der Waals surface area contributed by atoms with E-state index in [0.717, 1.165) is 15.6 Å². The molecule has 2 nitrogen and oxygen atoms in total. The molecule has 0 amide bonds. The van der Waals surface area contributed by atoms with Gasteiger partial charge in [-0.2, -0.15) is 0 Å². The Morgan fingerprint density at radius 2 is 2.05 bits per heavy atom.